The lowest BCUT2D eigenvalue weighted by molar-refractivity contribution is 0.0934. The number of furan rings is 1. The fourth-order valence-corrected chi connectivity index (χ4v) is 3.31. The summed E-state index contributed by atoms with van der Waals surface area (Å²) in [6, 6.07) is 6.76. The number of aryl methyl sites for hydroxylation is 2. The Hall–Kier alpha value is -3.05. The summed E-state index contributed by atoms with van der Waals surface area (Å²) < 4.78 is 36.8. The van der Waals surface area contributed by atoms with Crippen LogP contribution in [0.3, 0.4) is 0 Å². The van der Waals surface area contributed by atoms with E-state index in [-0.39, 0.29) is 18.0 Å². The van der Waals surface area contributed by atoms with Crippen molar-refractivity contribution in [1.82, 2.24) is 20.9 Å². The molecule has 0 unspecified atom stereocenters. The van der Waals surface area contributed by atoms with Crippen molar-refractivity contribution < 1.29 is 27.2 Å². The molecule has 0 spiro atoms. The van der Waals surface area contributed by atoms with Crippen molar-refractivity contribution in [2.24, 2.45) is 0 Å². The molecule has 28 heavy (non-hydrogen) atoms. The summed E-state index contributed by atoms with van der Waals surface area (Å²) in [6.45, 7) is 3.32. The minimum atomic E-state index is -3.70. The molecule has 152 valence electrons. The van der Waals surface area contributed by atoms with Gasteiger partial charge in [0.05, 0.1) is 17.6 Å². The molecule has 0 radical (unpaired) electrons. The van der Waals surface area contributed by atoms with E-state index in [0.717, 1.165) is 0 Å². The Morgan fingerprint density at radius 2 is 1.75 bits per heavy atom. The third-order valence-corrected chi connectivity index (χ3v) is 5.12. The van der Waals surface area contributed by atoms with E-state index in [9.17, 15) is 18.0 Å². The topological polar surface area (TPSA) is 139 Å². The molecule has 0 saturated carbocycles. The second-order valence-corrected chi connectivity index (χ2v) is 7.50. The molecule has 0 bridgehead atoms. The molecule has 4 N–H and O–H groups in total. The summed E-state index contributed by atoms with van der Waals surface area (Å²) >= 11 is 0. The van der Waals surface area contributed by atoms with Crippen molar-refractivity contribution in [1.29, 1.82) is 0 Å². The van der Waals surface area contributed by atoms with E-state index in [4.69, 9.17) is 9.15 Å². The minimum absolute atomic E-state index is 0.0148. The zero-order valence-corrected chi connectivity index (χ0v) is 16.5. The molecule has 1 heterocycles. The number of sulfonamides is 1. The van der Waals surface area contributed by atoms with E-state index in [1.807, 2.05) is 0 Å². The molecule has 0 fully saturated rings. The molecule has 2 aromatic rings. The van der Waals surface area contributed by atoms with Crippen LogP contribution in [0.5, 0.6) is 5.75 Å². The molecule has 0 saturated heterocycles. The highest BCUT2D eigenvalue weighted by Gasteiger charge is 2.15. The van der Waals surface area contributed by atoms with Crippen LogP contribution in [-0.4, -0.2) is 40.6 Å². The van der Waals surface area contributed by atoms with Crippen LogP contribution >= 0.6 is 0 Å². The van der Waals surface area contributed by atoms with E-state index in [2.05, 4.69) is 20.9 Å². The number of benzene rings is 1. The molecule has 0 aliphatic rings. The standard InChI is InChI=1S/C17H22N4O6S/c1-11-10-15(12(2)27-11)16(22)20-21-17(23)18-8-9-19-28(24,25)14-6-4-13(26-3)5-7-14/h4-7,10,19H,8-9H2,1-3H3,(H,20,22)(H2,18,21,23). The first-order chi connectivity index (χ1) is 13.2. The van der Waals surface area contributed by atoms with E-state index in [0.29, 0.717) is 22.8 Å². The fourth-order valence-electron chi connectivity index (χ4n) is 2.28. The van der Waals surface area contributed by atoms with Gasteiger partial charge in [0.1, 0.15) is 17.3 Å². The van der Waals surface area contributed by atoms with Crippen LogP contribution in [0, 0.1) is 13.8 Å². The number of carbonyl (C=O) groups is 2. The summed E-state index contributed by atoms with van der Waals surface area (Å²) in [6.07, 6.45) is 0. The van der Waals surface area contributed by atoms with Gasteiger partial charge in [-0.15, -0.1) is 0 Å². The van der Waals surface area contributed by atoms with Gasteiger partial charge in [-0.25, -0.2) is 23.4 Å². The highest BCUT2D eigenvalue weighted by Crippen LogP contribution is 2.15. The number of hydrogen-bond acceptors (Lipinski definition) is 6. The van der Waals surface area contributed by atoms with Crippen LogP contribution in [0.15, 0.2) is 39.6 Å². The van der Waals surface area contributed by atoms with Crippen LogP contribution < -0.4 is 25.6 Å². The number of hydrogen-bond donors (Lipinski definition) is 4. The molecule has 0 aliphatic heterocycles. The predicted molar refractivity (Wildman–Crippen MR) is 100 cm³/mol. The first-order valence-corrected chi connectivity index (χ1v) is 9.76. The Labute approximate surface area is 162 Å². The lowest BCUT2D eigenvalue weighted by Crippen LogP contribution is -2.48. The Kier molecular flexibility index (Phi) is 7.01. The first-order valence-electron chi connectivity index (χ1n) is 8.28. The van der Waals surface area contributed by atoms with Crippen molar-refractivity contribution in [3.05, 3.63) is 47.4 Å². The molecule has 2 rings (SSSR count). The molecule has 3 amide bonds. The maximum absolute atomic E-state index is 12.1. The number of nitrogens with one attached hydrogen (secondary N) is 4. The largest absolute Gasteiger partial charge is 0.497 e. The van der Waals surface area contributed by atoms with Crippen LogP contribution in [0.4, 0.5) is 4.79 Å². The normalized spacial score (nSPS) is 11.0. The summed E-state index contributed by atoms with van der Waals surface area (Å²) in [5.41, 5.74) is 4.72. The highest BCUT2D eigenvalue weighted by molar-refractivity contribution is 7.89. The van der Waals surface area contributed by atoms with Crippen LogP contribution in [-0.2, 0) is 10.0 Å². The van der Waals surface area contributed by atoms with E-state index in [1.54, 1.807) is 19.9 Å². The van der Waals surface area contributed by atoms with Gasteiger partial charge in [0.25, 0.3) is 5.91 Å². The van der Waals surface area contributed by atoms with Crippen molar-refractivity contribution in [2.45, 2.75) is 18.7 Å². The zero-order chi connectivity index (χ0) is 20.7. The molecular formula is C17H22N4O6S. The summed E-state index contributed by atoms with van der Waals surface area (Å²) in [5, 5.41) is 2.42. The van der Waals surface area contributed by atoms with E-state index < -0.39 is 22.0 Å². The molecule has 0 atom stereocenters. The summed E-state index contributed by atoms with van der Waals surface area (Å²) in [7, 11) is -2.22. The SMILES string of the molecule is COc1ccc(S(=O)(=O)NCCNC(=O)NNC(=O)c2cc(C)oc2C)cc1. The van der Waals surface area contributed by atoms with Gasteiger partial charge in [-0.1, -0.05) is 0 Å². The van der Waals surface area contributed by atoms with E-state index in [1.165, 1.54) is 31.4 Å². The Morgan fingerprint density at radius 3 is 2.32 bits per heavy atom. The van der Waals surface area contributed by atoms with Crippen molar-refractivity contribution in [3.63, 3.8) is 0 Å². The minimum Gasteiger partial charge on any atom is -0.497 e. The number of rotatable bonds is 7. The van der Waals surface area contributed by atoms with Crippen LogP contribution in [0.2, 0.25) is 0 Å². The molecule has 1 aromatic heterocycles. The van der Waals surface area contributed by atoms with Crippen molar-refractivity contribution >= 4 is 22.0 Å². The lowest BCUT2D eigenvalue weighted by atomic mass is 10.2. The van der Waals surface area contributed by atoms with Gasteiger partial charge in [0.2, 0.25) is 10.0 Å². The Balaban J connectivity index is 1.73. The van der Waals surface area contributed by atoms with Crippen LogP contribution in [0.25, 0.3) is 0 Å². The lowest BCUT2D eigenvalue weighted by Gasteiger charge is -2.10. The first kappa shape index (κ1) is 21.3. The second kappa shape index (κ2) is 9.24. The summed E-state index contributed by atoms with van der Waals surface area (Å²) in [4.78, 5) is 23.7. The van der Waals surface area contributed by atoms with Gasteiger partial charge < -0.3 is 14.5 Å². The van der Waals surface area contributed by atoms with Crippen molar-refractivity contribution in [2.75, 3.05) is 20.2 Å². The quantitative estimate of drug-likeness (QED) is 0.394. The number of hydrazine groups is 1. The zero-order valence-electron chi connectivity index (χ0n) is 15.7. The Morgan fingerprint density at radius 1 is 1.07 bits per heavy atom. The van der Waals surface area contributed by atoms with Crippen LogP contribution in [0.1, 0.15) is 21.9 Å². The fraction of sp³-hybridized carbons (Fsp3) is 0.294. The van der Waals surface area contributed by atoms with Gasteiger partial charge in [0, 0.05) is 13.1 Å². The molecule has 0 aliphatic carbocycles. The monoisotopic (exact) mass is 410 g/mol. The van der Waals surface area contributed by atoms with Gasteiger partial charge >= 0.3 is 6.03 Å². The van der Waals surface area contributed by atoms with Gasteiger partial charge in [-0.2, -0.15) is 0 Å². The number of ether oxygens (including phenoxy) is 1. The summed E-state index contributed by atoms with van der Waals surface area (Å²) in [5.74, 6) is 1.03. The van der Waals surface area contributed by atoms with Gasteiger partial charge in [-0.05, 0) is 44.2 Å². The highest BCUT2D eigenvalue weighted by atomic mass is 32.2. The molecule has 10 nitrogen and oxygen atoms in total. The molecule has 1 aromatic carbocycles. The average molecular weight is 410 g/mol. The smallest absolute Gasteiger partial charge is 0.333 e. The second-order valence-electron chi connectivity index (χ2n) is 5.74. The van der Waals surface area contributed by atoms with Crippen molar-refractivity contribution in [3.8, 4) is 5.75 Å². The maximum Gasteiger partial charge on any atom is 0.333 e. The third kappa shape index (κ3) is 5.72. The average Bonchev–Trinajstić information content (AvgIpc) is 3.01. The Bertz CT molecular complexity index is 937. The van der Waals surface area contributed by atoms with Gasteiger partial charge in [0.15, 0.2) is 0 Å². The number of amides is 3. The predicted octanol–water partition coefficient (Wildman–Crippen LogP) is 0.828. The molecular weight excluding hydrogens is 388 g/mol. The number of urea groups is 1. The maximum atomic E-state index is 12.1. The van der Waals surface area contributed by atoms with E-state index >= 15 is 0 Å². The number of carbonyl (C=O) groups excluding carboxylic acids is 2. The van der Waals surface area contributed by atoms with Gasteiger partial charge in [-0.3, -0.25) is 10.2 Å². The third-order valence-electron chi connectivity index (χ3n) is 3.65. The molecule has 11 heteroatoms. The number of methoxy groups -OCH3 is 1.